The Morgan fingerprint density at radius 1 is 1.67 bits per heavy atom. The second-order valence-electron chi connectivity index (χ2n) is 2.32. The number of nitrogens with zero attached hydrogens (tertiary/aromatic N) is 1. The van der Waals surface area contributed by atoms with Gasteiger partial charge in [0.15, 0.2) is 0 Å². The first-order chi connectivity index (χ1) is 5.74. The lowest BCUT2D eigenvalue weighted by Crippen LogP contribution is -2.09. The van der Waals surface area contributed by atoms with Gasteiger partial charge in [0.2, 0.25) is 0 Å². The van der Waals surface area contributed by atoms with E-state index < -0.39 is 12.3 Å². The summed E-state index contributed by atoms with van der Waals surface area (Å²) in [6.07, 6.45) is -0.706. The molecule has 0 saturated heterocycles. The Bertz CT molecular complexity index is 237. The van der Waals surface area contributed by atoms with Crippen molar-refractivity contribution in [2.75, 3.05) is 13.6 Å². The first-order valence-electron chi connectivity index (χ1n) is 3.61. The molecule has 1 aromatic heterocycles. The highest BCUT2D eigenvalue weighted by molar-refractivity contribution is 4.95. The topological polar surface area (TPSA) is 38.1 Å². The van der Waals surface area contributed by atoms with Crippen molar-refractivity contribution in [3.8, 4) is 0 Å². The number of hydrogen-bond acceptors (Lipinski definition) is 3. The third kappa shape index (κ3) is 2.27. The lowest BCUT2D eigenvalue weighted by Gasteiger charge is -1.93. The molecule has 1 heterocycles. The molecule has 1 N–H and O–H groups in total. The van der Waals surface area contributed by atoms with Crippen LogP contribution in [0.2, 0.25) is 0 Å². The van der Waals surface area contributed by atoms with Crippen LogP contribution in [0.15, 0.2) is 10.6 Å². The van der Waals surface area contributed by atoms with Crippen molar-refractivity contribution in [1.29, 1.82) is 0 Å². The van der Waals surface area contributed by atoms with E-state index in [1.807, 2.05) is 0 Å². The molecule has 0 aliphatic carbocycles. The lowest BCUT2D eigenvalue weighted by atomic mass is 10.3. The van der Waals surface area contributed by atoms with Gasteiger partial charge in [0.1, 0.15) is 5.76 Å². The SMILES string of the molecule is CNCCc1cnc(C(F)F)o1. The molecule has 1 aromatic rings. The van der Waals surface area contributed by atoms with Crippen LogP contribution in [0.25, 0.3) is 0 Å². The van der Waals surface area contributed by atoms with Crippen LogP contribution in [0.3, 0.4) is 0 Å². The largest absolute Gasteiger partial charge is 0.440 e. The summed E-state index contributed by atoms with van der Waals surface area (Å²) in [4.78, 5) is 3.42. The smallest absolute Gasteiger partial charge is 0.313 e. The molecule has 0 unspecified atom stereocenters. The molecule has 1 rings (SSSR count). The Morgan fingerprint density at radius 2 is 2.42 bits per heavy atom. The number of likely N-dealkylation sites (N-methyl/N-ethyl adjacent to an activating group) is 1. The number of hydrogen-bond donors (Lipinski definition) is 1. The summed E-state index contributed by atoms with van der Waals surface area (Å²) in [5, 5.41) is 2.88. The number of halogens is 2. The molecule has 12 heavy (non-hydrogen) atoms. The predicted octanol–water partition coefficient (Wildman–Crippen LogP) is 1.37. The molecule has 0 bridgehead atoms. The van der Waals surface area contributed by atoms with Crippen LogP contribution in [0, 0.1) is 0 Å². The fourth-order valence-corrected chi connectivity index (χ4v) is 0.787. The minimum atomic E-state index is -2.62. The fraction of sp³-hybridized carbons (Fsp3) is 0.571. The lowest BCUT2D eigenvalue weighted by molar-refractivity contribution is 0.113. The molecule has 3 nitrogen and oxygen atoms in total. The maximum atomic E-state index is 11.9. The molecule has 0 amide bonds. The Balaban J connectivity index is 2.52. The van der Waals surface area contributed by atoms with E-state index in [-0.39, 0.29) is 0 Å². The summed E-state index contributed by atoms with van der Waals surface area (Å²) in [5.74, 6) is -0.0132. The van der Waals surface area contributed by atoms with Gasteiger partial charge in [0.25, 0.3) is 5.89 Å². The maximum absolute atomic E-state index is 11.9. The normalized spacial score (nSPS) is 11.0. The number of rotatable bonds is 4. The van der Waals surface area contributed by atoms with Crippen LogP contribution >= 0.6 is 0 Å². The van der Waals surface area contributed by atoms with Gasteiger partial charge in [0.05, 0.1) is 6.20 Å². The highest BCUT2D eigenvalue weighted by Gasteiger charge is 2.13. The highest BCUT2D eigenvalue weighted by atomic mass is 19.3. The molecule has 0 fully saturated rings. The van der Waals surface area contributed by atoms with Crippen LogP contribution in [-0.2, 0) is 6.42 Å². The Morgan fingerprint density at radius 3 is 2.92 bits per heavy atom. The Kier molecular flexibility index (Phi) is 3.16. The zero-order valence-electron chi connectivity index (χ0n) is 6.68. The number of nitrogens with one attached hydrogen (secondary N) is 1. The fourth-order valence-electron chi connectivity index (χ4n) is 0.787. The molecule has 0 saturated carbocycles. The van der Waals surface area contributed by atoms with Gasteiger partial charge < -0.3 is 9.73 Å². The van der Waals surface area contributed by atoms with Crippen molar-refractivity contribution in [1.82, 2.24) is 10.3 Å². The van der Waals surface area contributed by atoms with Gasteiger partial charge in [-0.3, -0.25) is 0 Å². The first kappa shape index (κ1) is 9.12. The average Bonchev–Trinajstić information content (AvgIpc) is 2.48. The Hall–Kier alpha value is -0.970. The number of aromatic nitrogens is 1. The summed E-state index contributed by atoms with van der Waals surface area (Å²) in [6, 6.07) is 0. The van der Waals surface area contributed by atoms with Gasteiger partial charge in [0, 0.05) is 13.0 Å². The van der Waals surface area contributed by atoms with Gasteiger partial charge in [-0.1, -0.05) is 0 Å². The highest BCUT2D eigenvalue weighted by Crippen LogP contribution is 2.17. The van der Waals surface area contributed by atoms with Gasteiger partial charge in [-0.2, -0.15) is 8.78 Å². The van der Waals surface area contributed by atoms with Crippen molar-refractivity contribution >= 4 is 0 Å². The molecule has 5 heteroatoms. The second kappa shape index (κ2) is 4.15. The molecule has 0 radical (unpaired) electrons. The average molecular weight is 176 g/mol. The molecule has 0 atom stereocenters. The zero-order chi connectivity index (χ0) is 8.97. The molecule has 68 valence electrons. The molecule has 0 spiro atoms. The quantitative estimate of drug-likeness (QED) is 0.753. The van der Waals surface area contributed by atoms with Crippen LogP contribution in [0.5, 0.6) is 0 Å². The van der Waals surface area contributed by atoms with E-state index >= 15 is 0 Å². The number of oxazole rings is 1. The summed E-state index contributed by atoms with van der Waals surface area (Å²) in [5.41, 5.74) is 0. The van der Waals surface area contributed by atoms with Crippen LogP contribution < -0.4 is 5.32 Å². The zero-order valence-corrected chi connectivity index (χ0v) is 6.68. The van der Waals surface area contributed by atoms with Crippen molar-refractivity contribution in [2.45, 2.75) is 12.8 Å². The van der Waals surface area contributed by atoms with E-state index in [0.717, 1.165) is 0 Å². The Labute approximate surface area is 68.8 Å². The summed E-state index contributed by atoms with van der Waals surface area (Å²) in [6.45, 7) is 0.692. The minimum Gasteiger partial charge on any atom is -0.440 e. The summed E-state index contributed by atoms with van der Waals surface area (Å²) >= 11 is 0. The van der Waals surface area contributed by atoms with Gasteiger partial charge >= 0.3 is 6.43 Å². The molecule has 0 aromatic carbocycles. The third-order valence-electron chi connectivity index (χ3n) is 1.38. The van der Waals surface area contributed by atoms with E-state index in [4.69, 9.17) is 4.42 Å². The molecule has 0 aliphatic heterocycles. The molecular formula is C7H10F2N2O. The van der Waals surface area contributed by atoms with Crippen molar-refractivity contribution in [3.05, 3.63) is 17.8 Å². The standard InChI is InChI=1S/C7H10F2N2O/c1-10-3-2-5-4-11-7(12-5)6(8)9/h4,6,10H,2-3H2,1H3. The predicted molar refractivity (Wildman–Crippen MR) is 39.1 cm³/mol. The third-order valence-corrected chi connectivity index (χ3v) is 1.38. The van der Waals surface area contributed by atoms with Gasteiger partial charge in [-0.25, -0.2) is 4.98 Å². The summed E-state index contributed by atoms with van der Waals surface area (Å²) in [7, 11) is 1.78. The van der Waals surface area contributed by atoms with E-state index in [2.05, 4.69) is 10.3 Å². The van der Waals surface area contributed by atoms with E-state index in [9.17, 15) is 8.78 Å². The van der Waals surface area contributed by atoms with Gasteiger partial charge in [-0.15, -0.1) is 0 Å². The van der Waals surface area contributed by atoms with Crippen molar-refractivity contribution in [3.63, 3.8) is 0 Å². The van der Waals surface area contributed by atoms with E-state index in [1.165, 1.54) is 6.20 Å². The first-order valence-corrected chi connectivity index (χ1v) is 3.61. The van der Waals surface area contributed by atoms with Crippen LogP contribution in [0.4, 0.5) is 8.78 Å². The van der Waals surface area contributed by atoms with Crippen LogP contribution in [-0.4, -0.2) is 18.6 Å². The summed E-state index contributed by atoms with van der Waals surface area (Å²) < 4.78 is 28.6. The molecular weight excluding hydrogens is 166 g/mol. The minimum absolute atomic E-state index is 0.486. The van der Waals surface area contributed by atoms with Gasteiger partial charge in [-0.05, 0) is 7.05 Å². The van der Waals surface area contributed by atoms with Crippen LogP contribution in [0.1, 0.15) is 18.1 Å². The monoisotopic (exact) mass is 176 g/mol. The van der Waals surface area contributed by atoms with E-state index in [0.29, 0.717) is 18.7 Å². The second-order valence-corrected chi connectivity index (χ2v) is 2.32. The van der Waals surface area contributed by atoms with E-state index in [1.54, 1.807) is 7.05 Å². The van der Waals surface area contributed by atoms with Crippen molar-refractivity contribution in [2.24, 2.45) is 0 Å². The molecule has 0 aliphatic rings. The van der Waals surface area contributed by atoms with Crippen molar-refractivity contribution < 1.29 is 13.2 Å². The maximum Gasteiger partial charge on any atom is 0.313 e. The number of alkyl halides is 2.